The van der Waals surface area contributed by atoms with E-state index in [1.807, 2.05) is 0 Å². The van der Waals surface area contributed by atoms with Crippen LogP contribution in [-0.2, 0) is 6.54 Å². The number of benzene rings is 2. The molecule has 27 heavy (non-hydrogen) atoms. The van der Waals surface area contributed by atoms with Crippen molar-refractivity contribution in [3.63, 3.8) is 0 Å². The standard InChI is InChI=1S/C19H21ClN4O2S/c1-14-4-2-3-5-15(14)13-22-8-10-23(11-9-22)19(27)21-18-12-16(24(25)26)6-7-17(18)20/h2-7,12H,8-11,13H2,1H3,(H,21,27)/p+1. The third-order valence-electron chi connectivity index (χ3n) is 4.86. The minimum Gasteiger partial charge on any atom is -0.338 e. The summed E-state index contributed by atoms with van der Waals surface area (Å²) in [5.41, 5.74) is 3.15. The fraction of sp³-hybridized carbons (Fsp3) is 0.316. The third-order valence-corrected chi connectivity index (χ3v) is 5.55. The lowest BCUT2D eigenvalue weighted by molar-refractivity contribution is -0.917. The number of nitro groups is 1. The van der Waals surface area contributed by atoms with Gasteiger partial charge in [-0.1, -0.05) is 35.9 Å². The van der Waals surface area contributed by atoms with Gasteiger partial charge in [-0.2, -0.15) is 0 Å². The summed E-state index contributed by atoms with van der Waals surface area (Å²) in [6.45, 7) is 6.79. The summed E-state index contributed by atoms with van der Waals surface area (Å²) in [6.07, 6.45) is 0. The molecule has 0 atom stereocenters. The summed E-state index contributed by atoms with van der Waals surface area (Å²) in [4.78, 5) is 14.1. The zero-order valence-corrected chi connectivity index (χ0v) is 16.6. The average molecular weight is 406 g/mol. The monoisotopic (exact) mass is 405 g/mol. The molecule has 1 saturated heterocycles. The highest BCUT2D eigenvalue weighted by atomic mass is 35.5. The van der Waals surface area contributed by atoms with Gasteiger partial charge in [-0.3, -0.25) is 10.1 Å². The number of nitrogens with one attached hydrogen (secondary N) is 2. The lowest BCUT2D eigenvalue weighted by Crippen LogP contribution is -3.13. The van der Waals surface area contributed by atoms with E-state index < -0.39 is 4.92 Å². The van der Waals surface area contributed by atoms with Crippen LogP contribution in [0.5, 0.6) is 0 Å². The molecule has 0 saturated carbocycles. The Morgan fingerprint density at radius 2 is 2.00 bits per heavy atom. The van der Waals surface area contributed by atoms with Gasteiger partial charge >= 0.3 is 0 Å². The predicted molar refractivity (Wildman–Crippen MR) is 111 cm³/mol. The summed E-state index contributed by atoms with van der Waals surface area (Å²) in [5.74, 6) is 0. The Balaban J connectivity index is 1.57. The molecule has 1 aliphatic heterocycles. The number of anilines is 1. The maximum absolute atomic E-state index is 11.0. The van der Waals surface area contributed by atoms with Gasteiger partial charge in [-0.25, -0.2) is 0 Å². The van der Waals surface area contributed by atoms with Crippen molar-refractivity contribution >= 4 is 40.3 Å². The van der Waals surface area contributed by atoms with E-state index in [-0.39, 0.29) is 5.69 Å². The highest BCUT2D eigenvalue weighted by Gasteiger charge is 2.23. The van der Waals surface area contributed by atoms with Gasteiger partial charge in [0, 0.05) is 17.7 Å². The number of thiocarbonyl (C=S) groups is 1. The van der Waals surface area contributed by atoms with Gasteiger partial charge in [0.25, 0.3) is 5.69 Å². The molecule has 142 valence electrons. The summed E-state index contributed by atoms with van der Waals surface area (Å²) in [6, 6.07) is 12.8. The molecule has 0 aliphatic carbocycles. The maximum Gasteiger partial charge on any atom is 0.271 e. The van der Waals surface area contributed by atoms with Crippen LogP contribution in [0, 0.1) is 17.0 Å². The van der Waals surface area contributed by atoms with Gasteiger partial charge in [-0.05, 0) is 30.8 Å². The number of nitro benzene ring substituents is 1. The molecule has 6 nitrogen and oxygen atoms in total. The molecule has 0 unspecified atom stereocenters. The number of halogens is 1. The molecule has 1 fully saturated rings. The topological polar surface area (TPSA) is 62.8 Å². The quantitative estimate of drug-likeness (QED) is 0.465. The van der Waals surface area contributed by atoms with E-state index >= 15 is 0 Å². The van der Waals surface area contributed by atoms with Gasteiger partial charge in [-0.15, -0.1) is 0 Å². The first-order valence-corrected chi connectivity index (χ1v) is 9.60. The SMILES string of the molecule is Cc1ccccc1C[NH+]1CCN(C(=S)Nc2cc([N+](=O)[O-])ccc2Cl)CC1. The van der Waals surface area contributed by atoms with Crippen molar-refractivity contribution in [2.24, 2.45) is 0 Å². The van der Waals surface area contributed by atoms with E-state index in [1.165, 1.54) is 34.2 Å². The number of piperazine rings is 1. The van der Waals surface area contributed by atoms with Crippen LogP contribution in [0.1, 0.15) is 11.1 Å². The molecule has 0 bridgehead atoms. The second-order valence-corrected chi connectivity index (χ2v) is 7.49. The first-order chi connectivity index (χ1) is 12.9. The number of rotatable bonds is 4. The van der Waals surface area contributed by atoms with E-state index in [0.717, 1.165) is 32.7 Å². The molecule has 1 heterocycles. The molecule has 0 amide bonds. The van der Waals surface area contributed by atoms with Gasteiger partial charge < -0.3 is 15.1 Å². The number of nitrogens with zero attached hydrogens (tertiary/aromatic N) is 2. The smallest absolute Gasteiger partial charge is 0.271 e. The normalized spacial score (nSPS) is 14.8. The number of aryl methyl sites for hydroxylation is 1. The first-order valence-electron chi connectivity index (χ1n) is 8.82. The van der Waals surface area contributed by atoms with Gasteiger partial charge in [0.15, 0.2) is 5.11 Å². The highest BCUT2D eigenvalue weighted by molar-refractivity contribution is 7.80. The summed E-state index contributed by atoms with van der Waals surface area (Å²) >= 11 is 11.6. The maximum atomic E-state index is 11.0. The Hall–Kier alpha value is -2.22. The Kier molecular flexibility index (Phi) is 6.26. The van der Waals surface area contributed by atoms with Gasteiger partial charge in [0.05, 0.1) is 41.8 Å². The molecule has 0 spiro atoms. The van der Waals surface area contributed by atoms with E-state index in [2.05, 4.69) is 41.4 Å². The molecule has 3 rings (SSSR count). The molecule has 8 heteroatoms. The van der Waals surface area contributed by atoms with Crippen LogP contribution in [0.4, 0.5) is 11.4 Å². The second-order valence-electron chi connectivity index (χ2n) is 6.69. The fourth-order valence-corrected chi connectivity index (χ4v) is 3.65. The minimum atomic E-state index is -0.446. The lowest BCUT2D eigenvalue weighted by Gasteiger charge is -2.34. The highest BCUT2D eigenvalue weighted by Crippen LogP contribution is 2.27. The zero-order chi connectivity index (χ0) is 19.4. The minimum absolute atomic E-state index is 0.0165. The largest absolute Gasteiger partial charge is 0.338 e. The molecule has 0 aromatic heterocycles. The average Bonchev–Trinajstić information content (AvgIpc) is 2.65. The summed E-state index contributed by atoms with van der Waals surface area (Å²) < 4.78 is 0. The number of quaternary nitrogens is 1. The van der Waals surface area contributed by atoms with Crippen LogP contribution < -0.4 is 10.2 Å². The Labute approximate surface area is 168 Å². The molecular formula is C19H22ClN4O2S+. The molecule has 2 aromatic rings. The fourth-order valence-electron chi connectivity index (χ4n) is 3.20. The van der Waals surface area contributed by atoms with Gasteiger partial charge in [0.1, 0.15) is 6.54 Å². The van der Waals surface area contributed by atoms with Crippen molar-refractivity contribution in [3.05, 3.63) is 68.7 Å². The van der Waals surface area contributed by atoms with E-state index in [0.29, 0.717) is 15.8 Å². The van der Waals surface area contributed by atoms with Crippen LogP contribution in [-0.4, -0.2) is 41.1 Å². The predicted octanol–water partition coefficient (Wildman–Crippen LogP) is 2.65. The molecule has 0 radical (unpaired) electrons. The molecule has 2 N–H and O–H groups in total. The number of non-ortho nitro benzene ring substituents is 1. The summed E-state index contributed by atoms with van der Waals surface area (Å²) in [7, 11) is 0. The molecule has 1 aliphatic rings. The van der Waals surface area contributed by atoms with E-state index in [9.17, 15) is 10.1 Å². The Morgan fingerprint density at radius 3 is 2.67 bits per heavy atom. The van der Waals surface area contributed by atoms with Crippen molar-refractivity contribution in [1.82, 2.24) is 4.90 Å². The summed E-state index contributed by atoms with van der Waals surface area (Å²) in [5, 5.41) is 15.0. The Bertz CT molecular complexity index is 853. The Morgan fingerprint density at radius 1 is 1.30 bits per heavy atom. The second kappa shape index (κ2) is 8.65. The van der Waals surface area contributed by atoms with Crippen LogP contribution in [0.15, 0.2) is 42.5 Å². The van der Waals surface area contributed by atoms with Crippen molar-refractivity contribution in [2.45, 2.75) is 13.5 Å². The number of hydrogen-bond donors (Lipinski definition) is 2. The van der Waals surface area contributed by atoms with E-state index in [4.69, 9.17) is 23.8 Å². The first kappa shape index (κ1) is 19.5. The van der Waals surface area contributed by atoms with Crippen LogP contribution in [0.2, 0.25) is 5.02 Å². The van der Waals surface area contributed by atoms with Gasteiger partial charge in [0.2, 0.25) is 0 Å². The molecular weight excluding hydrogens is 384 g/mol. The van der Waals surface area contributed by atoms with Crippen LogP contribution in [0.25, 0.3) is 0 Å². The van der Waals surface area contributed by atoms with Crippen molar-refractivity contribution in [3.8, 4) is 0 Å². The lowest BCUT2D eigenvalue weighted by atomic mass is 10.1. The van der Waals surface area contributed by atoms with Crippen molar-refractivity contribution in [1.29, 1.82) is 0 Å². The third kappa shape index (κ3) is 4.94. The number of hydrogen-bond acceptors (Lipinski definition) is 3. The van der Waals surface area contributed by atoms with Crippen molar-refractivity contribution < 1.29 is 9.82 Å². The molecule has 2 aromatic carbocycles. The van der Waals surface area contributed by atoms with Crippen molar-refractivity contribution in [2.75, 3.05) is 31.5 Å². The zero-order valence-electron chi connectivity index (χ0n) is 15.1. The van der Waals surface area contributed by atoms with E-state index in [1.54, 1.807) is 0 Å². The van der Waals surface area contributed by atoms with Crippen LogP contribution >= 0.6 is 23.8 Å². The van der Waals surface area contributed by atoms with Crippen LogP contribution in [0.3, 0.4) is 0 Å².